The predicted octanol–water partition coefficient (Wildman–Crippen LogP) is 1.42. The van der Waals surface area contributed by atoms with Gasteiger partial charge in [0.25, 0.3) is 0 Å². The lowest BCUT2D eigenvalue weighted by molar-refractivity contribution is 0.00954. The van der Waals surface area contributed by atoms with E-state index in [0.29, 0.717) is 12.5 Å². The number of halogens is 1. The second-order valence-corrected chi connectivity index (χ2v) is 7.68. The molecule has 150 valence electrons. The van der Waals surface area contributed by atoms with Crippen molar-refractivity contribution in [1.29, 1.82) is 0 Å². The number of aromatic nitrogens is 2. The molecule has 2 aliphatic rings. The number of aliphatic hydroxyl groups excluding tert-OH is 1. The second kappa shape index (κ2) is 8.94. The number of β-amino-alcohol motifs (C(OH)–C–C–N with tert-alkyl or cyclic N) is 1. The lowest BCUT2D eigenvalue weighted by Gasteiger charge is -2.45. The molecule has 0 aliphatic carbocycles. The highest BCUT2D eigenvalue weighted by Crippen LogP contribution is 2.21. The molecule has 4 rings (SSSR count). The van der Waals surface area contributed by atoms with Crippen LogP contribution >= 0.6 is 0 Å². The third-order valence-electron chi connectivity index (χ3n) is 5.87. The largest absolute Gasteiger partial charge is 0.390 e. The lowest BCUT2D eigenvalue weighted by Crippen LogP contribution is -2.59. The minimum atomic E-state index is -0.446. The van der Waals surface area contributed by atoms with Gasteiger partial charge in [-0.2, -0.15) is 0 Å². The fraction of sp³-hybridized carbons (Fsp3) is 0.524. The minimum Gasteiger partial charge on any atom is -0.390 e. The molecule has 6 nitrogen and oxygen atoms in total. The quantitative estimate of drug-likeness (QED) is 0.840. The average Bonchev–Trinajstić information content (AvgIpc) is 2.74. The Balaban J connectivity index is 1.24. The van der Waals surface area contributed by atoms with Crippen LogP contribution in [0.5, 0.6) is 0 Å². The molecule has 28 heavy (non-hydrogen) atoms. The van der Waals surface area contributed by atoms with Crippen LogP contribution in [0.2, 0.25) is 0 Å². The molecule has 1 aromatic carbocycles. The molecule has 2 aliphatic heterocycles. The number of anilines is 1. The van der Waals surface area contributed by atoms with Crippen LogP contribution in [0.15, 0.2) is 42.7 Å². The first kappa shape index (κ1) is 19.2. The molecule has 0 saturated carbocycles. The monoisotopic (exact) mass is 385 g/mol. The summed E-state index contributed by atoms with van der Waals surface area (Å²) in [6.45, 7) is 6.42. The van der Waals surface area contributed by atoms with Gasteiger partial charge in [-0.1, -0.05) is 30.3 Å². The smallest absolute Gasteiger partial charge is 0.225 e. The van der Waals surface area contributed by atoms with E-state index in [1.54, 1.807) is 0 Å². The van der Waals surface area contributed by atoms with Crippen molar-refractivity contribution in [3.8, 4) is 0 Å². The van der Waals surface area contributed by atoms with Gasteiger partial charge in [-0.15, -0.1) is 0 Å². The second-order valence-electron chi connectivity index (χ2n) is 7.68. The number of nitrogens with zero attached hydrogens (tertiary/aromatic N) is 5. The maximum absolute atomic E-state index is 13.0. The molecule has 1 aromatic heterocycles. The van der Waals surface area contributed by atoms with Crippen molar-refractivity contribution in [3.05, 3.63) is 54.1 Å². The van der Waals surface area contributed by atoms with Crippen molar-refractivity contribution >= 4 is 5.95 Å². The van der Waals surface area contributed by atoms with E-state index >= 15 is 0 Å². The van der Waals surface area contributed by atoms with Gasteiger partial charge in [-0.05, 0) is 18.4 Å². The summed E-state index contributed by atoms with van der Waals surface area (Å²) in [7, 11) is 0. The summed E-state index contributed by atoms with van der Waals surface area (Å²) in [5, 5.41) is 10.7. The summed E-state index contributed by atoms with van der Waals surface area (Å²) in [5.41, 5.74) is 1.38. The maximum Gasteiger partial charge on any atom is 0.225 e. The van der Waals surface area contributed by atoms with E-state index in [1.807, 2.05) is 4.90 Å². The van der Waals surface area contributed by atoms with Crippen molar-refractivity contribution in [2.45, 2.75) is 25.0 Å². The van der Waals surface area contributed by atoms with E-state index in [0.717, 1.165) is 52.1 Å². The molecule has 1 N–H and O–H groups in total. The first-order chi connectivity index (χ1) is 13.7. The number of piperidine rings is 1. The Morgan fingerprint density at radius 3 is 2.39 bits per heavy atom. The van der Waals surface area contributed by atoms with Crippen LogP contribution in [-0.4, -0.2) is 82.8 Å². The minimum absolute atomic E-state index is 0.174. The molecule has 2 fully saturated rings. The van der Waals surface area contributed by atoms with Crippen LogP contribution < -0.4 is 4.90 Å². The molecular weight excluding hydrogens is 357 g/mol. The SMILES string of the molecule is O[C@@H]1CN(c2ncc(F)cn2)CC[C@H]1N1CCN(CCc2ccccc2)CC1. The molecule has 0 amide bonds. The van der Waals surface area contributed by atoms with Crippen molar-refractivity contribution in [3.63, 3.8) is 0 Å². The molecule has 2 aromatic rings. The van der Waals surface area contributed by atoms with Crippen LogP contribution in [-0.2, 0) is 6.42 Å². The molecular formula is C21H28FN5O. The summed E-state index contributed by atoms with van der Waals surface area (Å²) in [5.74, 6) is 0.0500. The van der Waals surface area contributed by atoms with Crippen molar-refractivity contribution in [2.24, 2.45) is 0 Å². The number of rotatable bonds is 5. The number of piperazine rings is 1. The van der Waals surface area contributed by atoms with E-state index in [4.69, 9.17) is 0 Å². The van der Waals surface area contributed by atoms with E-state index in [-0.39, 0.29) is 6.04 Å². The van der Waals surface area contributed by atoms with Gasteiger partial charge in [-0.25, -0.2) is 14.4 Å². The Labute approximate surface area is 165 Å². The standard InChI is InChI=1S/C21H28FN5O/c22-18-14-23-21(24-15-18)27-9-7-19(20(28)16-27)26-12-10-25(11-13-26)8-6-17-4-2-1-3-5-17/h1-5,14-15,19-20,28H,6-13,16H2/t19-,20-/m1/s1. The number of hydrogen-bond donors (Lipinski definition) is 1. The van der Waals surface area contributed by atoms with Gasteiger partial charge in [0, 0.05) is 51.9 Å². The van der Waals surface area contributed by atoms with Crippen molar-refractivity contribution in [2.75, 3.05) is 50.7 Å². The van der Waals surface area contributed by atoms with Gasteiger partial charge in [-0.3, -0.25) is 4.90 Å². The van der Waals surface area contributed by atoms with Gasteiger partial charge >= 0.3 is 0 Å². The number of hydrogen-bond acceptors (Lipinski definition) is 6. The molecule has 7 heteroatoms. The van der Waals surface area contributed by atoms with E-state index in [9.17, 15) is 9.50 Å². The summed E-state index contributed by atoms with van der Waals surface area (Å²) >= 11 is 0. The fourth-order valence-electron chi connectivity index (χ4n) is 4.25. The zero-order valence-corrected chi connectivity index (χ0v) is 16.1. The van der Waals surface area contributed by atoms with Gasteiger partial charge < -0.3 is 14.9 Å². The molecule has 0 bridgehead atoms. The molecule has 0 spiro atoms. The highest BCUT2D eigenvalue weighted by molar-refractivity contribution is 5.30. The van der Waals surface area contributed by atoms with Gasteiger partial charge in [0.15, 0.2) is 5.82 Å². The van der Waals surface area contributed by atoms with Crippen LogP contribution in [0.1, 0.15) is 12.0 Å². The van der Waals surface area contributed by atoms with Crippen LogP contribution in [0.25, 0.3) is 0 Å². The normalized spacial score (nSPS) is 24.4. The van der Waals surface area contributed by atoms with Crippen LogP contribution in [0, 0.1) is 5.82 Å². The fourth-order valence-corrected chi connectivity index (χ4v) is 4.25. The summed E-state index contributed by atoms with van der Waals surface area (Å²) in [6, 6.07) is 10.8. The third kappa shape index (κ3) is 4.66. The maximum atomic E-state index is 13.0. The first-order valence-electron chi connectivity index (χ1n) is 10.1. The Bertz CT molecular complexity index is 736. The molecule has 2 saturated heterocycles. The van der Waals surface area contributed by atoms with Gasteiger partial charge in [0.05, 0.1) is 18.5 Å². The van der Waals surface area contributed by atoms with Gasteiger partial charge in [0.2, 0.25) is 5.95 Å². The van der Waals surface area contributed by atoms with Gasteiger partial charge in [0.1, 0.15) is 0 Å². The Kier molecular flexibility index (Phi) is 6.14. The number of benzene rings is 1. The zero-order chi connectivity index (χ0) is 19.3. The topological polar surface area (TPSA) is 55.7 Å². The van der Waals surface area contributed by atoms with Crippen molar-refractivity contribution in [1.82, 2.24) is 19.8 Å². The molecule has 0 radical (unpaired) electrons. The highest BCUT2D eigenvalue weighted by atomic mass is 19.1. The highest BCUT2D eigenvalue weighted by Gasteiger charge is 2.34. The summed E-state index contributed by atoms with van der Waals surface area (Å²) < 4.78 is 13.0. The summed E-state index contributed by atoms with van der Waals surface area (Å²) in [4.78, 5) is 15.0. The first-order valence-corrected chi connectivity index (χ1v) is 10.1. The molecule has 2 atom stereocenters. The van der Waals surface area contributed by atoms with E-state index in [1.165, 1.54) is 18.0 Å². The zero-order valence-electron chi connectivity index (χ0n) is 16.1. The lowest BCUT2D eigenvalue weighted by atomic mass is 9.99. The van der Waals surface area contributed by atoms with Crippen molar-refractivity contribution < 1.29 is 9.50 Å². The van der Waals surface area contributed by atoms with E-state index < -0.39 is 11.9 Å². The Morgan fingerprint density at radius 2 is 1.71 bits per heavy atom. The van der Waals surface area contributed by atoms with Crippen LogP contribution in [0.3, 0.4) is 0 Å². The Hall–Kier alpha value is -2.09. The third-order valence-corrected chi connectivity index (χ3v) is 5.87. The molecule has 3 heterocycles. The summed E-state index contributed by atoms with van der Waals surface area (Å²) in [6.07, 6.45) is 3.86. The number of aliphatic hydroxyl groups is 1. The van der Waals surface area contributed by atoms with E-state index in [2.05, 4.69) is 50.1 Å². The average molecular weight is 385 g/mol. The predicted molar refractivity (Wildman–Crippen MR) is 107 cm³/mol. The van der Waals surface area contributed by atoms with Crippen LogP contribution in [0.4, 0.5) is 10.3 Å². The molecule has 0 unspecified atom stereocenters. The Morgan fingerprint density at radius 1 is 1.00 bits per heavy atom.